The van der Waals surface area contributed by atoms with Gasteiger partial charge in [0.2, 0.25) is 0 Å². The van der Waals surface area contributed by atoms with Crippen LogP contribution in [-0.2, 0) is 0 Å². The number of methoxy groups -OCH3 is 1. The number of urea groups is 1. The summed E-state index contributed by atoms with van der Waals surface area (Å²) < 4.78 is 5.13. The lowest BCUT2D eigenvalue weighted by molar-refractivity contribution is 0.255. The van der Waals surface area contributed by atoms with E-state index in [1.165, 1.54) is 6.07 Å². The average molecular weight is 298 g/mol. The molecule has 22 heavy (non-hydrogen) atoms. The molecule has 114 valence electrons. The van der Waals surface area contributed by atoms with Gasteiger partial charge in [0.05, 0.1) is 7.11 Å². The molecule has 2 aromatic carbocycles. The van der Waals surface area contributed by atoms with Gasteiger partial charge in [-0.15, -0.1) is 0 Å². The largest absolute Gasteiger partial charge is 0.508 e. The summed E-state index contributed by atoms with van der Waals surface area (Å²) in [7, 11) is 1.61. The molecule has 0 saturated carbocycles. The maximum absolute atomic E-state index is 11.8. The van der Waals surface area contributed by atoms with Crippen molar-refractivity contribution in [3.63, 3.8) is 0 Å². The Bertz CT molecular complexity index is 696. The molecule has 5 nitrogen and oxygen atoms in total. The van der Waals surface area contributed by atoms with Gasteiger partial charge in [-0.1, -0.05) is 12.1 Å². The van der Waals surface area contributed by atoms with E-state index in [4.69, 9.17) is 4.74 Å². The zero-order valence-corrected chi connectivity index (χ0v) is 12.5. The van der Waals surface area contributed by atoms with Gasteiger partial charge in [0, 0.05) is 11.9 Å². The number of carbonyl (C=O) groups is 1. The summed E-state index contributed by atoms with van der Waals surface area (Å²) >= 11 is 0. The van der Waals surface area contributed by atoms with E-state index in [9.17, 15) is 9.90 Å². The third-order valence-corrected chi connectivity index (χ3v) is 3.04. The number of rotatable bonds is 4. The molecule has 0 aromatic heterocycles. The smallest absolute Gasteiger partial charge is 0.323 e. The van der Waals surface area contributed by atoms with Crippen molar-refractivity contribution in [1.82, 2.24) is 5.32 Å². The van der Waals surface area contributed by atoms with Crippen molar-refractivity contribution in [2.75, 3.05) is 12.4 Å². The topological polar surface area (TPSA) is 70.6 Å². The fraction of sp³-hybridized carbons (Fsp3) is 0.118. The number of hydrogen-bond donors (Lipinski definition) is 3. The predicted molar refractivity (Wildman–Crippen MR) is 87.0 cm³/mol. The molecular weight excluding hydrogens is 280 g/mol. The predicted octanol–water partition coefficient (Wildman–Crippen LogP) is 3.50. The SMILES string of the molecule is COc1cccc(/C=C/NC(=O)Nc2ccc(O)cc2C)c1. The molecule has 0 bridgehead atoms. The van der Waals surface area contributed by atoms with Crippen LogP contribution in [0.4, 0.5) is 10.5 Å². The van der Waals surface area contributed by atoms with E-state index in [-0.39, 0.29) is 11.8 Å². The molecule has 5 heteroatoms. The summed E-state index contributed by atoms with van der Waals surface area (Å²) in [6.45, 7) is 1.81. The van der Waals surface area contributed by atoms with Crippen LogP contribution in [0.1, 0.15) is 11.1 Å². The van der Waals surface area contributed by atoms with Crippen molar-refractivity contribution >= 4 is 17.8 Å². The third kappa shape index (κ3) is 4.28. The second kappa shape index (κ2) is 7.17. The van der Waals surface area contributed by atoms with Gasteiger partial charge in [-0.05, 0) is 54.5 Å². The minimum atomic E-state index is -0.354. The van der Waals surface area contributed by atoms with E-state index < -0.39 is 0 Å². The van der Waals surface area contributed by atoms with Crippen LogP contribution in [-0.4, -0.2) is 18.2 Å². The lowest BCUT2D eigenvalue weighted by Gasteiger charge is -2.08. The number of ether oxygens (including phenoxy) is 1. The van der Waals surface area contributed by atoms with E-state index >= 15 is 0 Å². The monoisotopic (exact) mass is 298 g/mol. The van der Waals surface area contributed by atoms with Crippen molar-refractivity contribution in [2.45, 2.75) is 6.92 Å². The van der Waals surface area contributed by atoms with Crippen molar-refractivity contribution in [3.8, 4) is 11.5 Å². The van der Waals surface area contributed by atoms with Crippen LogP contribution in [0, 0.1) is 6.92 Å². The van der Waals surface area contributed by atoms with Crippen molar-refractivity contribution in [1.29, 1.82) is 0 Å². The first-order valence-electron chi connectivity index (χ1n) is 6.76. The quantitative estimate of drug-likeness (QED) is 0.757. The molecule has 0 radical (unpaired) electrons. The second-order valence-corrected chi connectivity index (χ2v) is 4.71. The average Bonchev–Trinajstić information content (AvgIpc) is 2.50. The number of hydrogen-bond acceptors (Lipinski definition) is 3. The van der Waals surface area contributed by atoms with Crippen LogP contribution in [0.15, 0.2) is 48.7 Å². The summed E-state index contributed by atoms with van der Waals surface area (Å²) in [5.74, 6) is 0.924. The Morgan fingerprint density at radius 1 is 1.23 bits per heavy atom. The number of carbonyl (C=O) groups excluding carboxylic acids is 1. The first-order chi connectivity index (χ1) is 10.6. The van der Waals surface area contributed by atoms with Gasteiger partial charge in [-0.3, -0.25) is 0 Å². The Balaban J connectivity index is 1.93. The number of aryl methyl sites for hydroxylation is 1. The summed E-state index contributed by atoms with van der Waals surface area (Å²) in [6.07, 6.45) is 3.33. The van der Waals surface area contributed by atoms with Gasteiger partial charge in [-0.2, -0.15) is 0 Å². The lowest BCUT2D eigenvalue weighted by Crippen LogP contribution is -2.24. The molecule has 0 spiro atoms. The van der Waals surface area contributed by atoms with Gasteiger partial charge in [0.15, 0.2) is 0 Å². The Hall–Kier alpha value is -2.95. The molecule has 0 atom stereocenters. The van der Waals surface area contributed by atoms with Crippen molar-refractivity contribution in [3.05, 3.63) is 59.8 Å². The molecule has 0 aliphatic carbocycles. The number of nitrogens with one attached hydrogen (secondary N) is 2. The Labute approximate surface area is 129 Å². The van der Waals surface area contributed by atoms with Gasteiger partial charge < -0.3 is 20.5 Å². The zero-order valence-electron chi connectivity index (χ0n) is 12.5. The highest BCUT2D eigenvalue weighted by Gasteiger charge is 2.03. The van der Waals surface area contributed by atoms with Crippen molar-refractivity contribution < 1.29 is 14.6 Å². The molecule has 2 rings (SSSR count). The highest BCUT2D eigenvalue weighted by Crippen LogP contribution is 2.19. The molecule has 3 N–H and O–H groups in total. The summed E-state index contributed by atoms with van der Waals surface area (Å²) in [5, 5.41) is 14.7. The van der Waals surface area contributed by atoms with Crippen LogP contribution in [0.2, 0.25) is 0 Å². The summed E-state index contributed by atoms with van der Waals surface area (Å²) in [5.41, 5.74) is 2.34. The normalized spacial score (nSPS) is 10.5. The van der Waals surface area contributed by atoms with Crippen LogP contribution < -0.4 is 15.4 Å². The molecule has 0 fully saturated rings. The van der Waals surface area contributed by atoms with E-state index in [1.807, 2.05) is 24.3 Å². The third-order valence-electron chi connectivity index (χ3n) is 3.04. The number of benzene rings is 2. The fourth-order valence-electron chi connectivity index (χ4n) is 1.91. The Morgan fingerprint density at radius 3 is 2.77 bits per heavy atom. The zero-order chi connectivity index (χ0) is 15.9. The van der Waals surface area contributed by atoms with Crippen LogP contribution >= 0.6 is 0 Å². The Kier molecular flexibility index (Phi) is 5.03. The number of amides is 2. The summed E-state index contributed by atoms with van der Waals surface area (Å²) in [6, 6.07) is 11.9. The first-order valence-corrected chi connectivity index (χ1v) is 6.76. The second-order valence-electron chi connectivity index (χ2n) is 4.71. The molecular formula is C17H18N2O3. The van der Waals surface area contributed by atoms with Gasteiger partial charge >= 0.3 is 6.03 Å². The van der Waals surface area contributed by atoms with E-state index in [1.54, 1.807) is 38.4 Å². The van der Waals surface area contributed by atoms with E-state index in [2.05, 4.69) is 10.6 Å². The van der Waals surface area contributed by atoms with Gasteiger partial charge in [0.25, 0.3) is 0 Å². The molecule has 0 aliphatic heterocycles. The summed E-state index contributed by atoms with van der Waals surface area (Å²) in [4.78, 5) is 11.8. The number of aromatic hydroxyl groups is 1. The molecule has 0 saturated heterocycles. The first kappa shape index (κ1) is 15.4. The molecule has 2 amide bonds. The highest BCUT2D eigenvalue weighted by atomic mass is 16.5. The van der Waals surface area contributed by atoms with E-state index in [0.717, 1.165) is 16.9 Å². The maximum Gasteiger partial charge on any atom is 0.323 e. The Morgan fingerprint density at radius 2 is 2.05 bits per heavy atom. The number of anilines is 1. The minimum absolute atomic E-state index is 0.168. The maximum atomic E-state index is 11.8. The minimum Gasteiger partial charge on any atom is -0.508 e. The standard InChI is InChI=1S/C17H18N2O3/c1-12-10-14(20)6-7-16(12)19-17(21)18-9-8-13-4-3-5-15(11-13)22-2/h3-11,20H,1-2H3,(H2,18,19,21)/b9-8+. The highest BCUT2D eigenvalue weighted by molar-refractivity contribution is 5.91. The molecule has 2 aromatic rings. The number of phenolic OH excluding ortho intramolecular Hbond substituents is 1. The van der Waals surface area contributed by atoms with Crippen LogP contribution in [0.3, 0.4) is 0 Å². The van der Waals surface area contributed by atoms with Crippen molar-refractivity contribution in [2.24, 2.45) is 0 Å². The van der Waals surface area contributed by atoms with E-state index in [0.29, 0.717) is 5.69 Å². The number of phenols is 1. The fourth-order valence-corrected chi connectivity index (χ4v) is 1.91. The van der Waals surface area contributed by atoms with Gasteiger partial charge in [-0.25, -0.2) is 4.79 Å². The van der Waals surface area contributed by atoms with Gasteiger partial charge in [0.1, 0.15) is 11.5 Å². The van der Waals surface area contributed by atoms with Crippen LogP contribution in [0.5, 0.6) is 11.5 Å². The molecule has 0 aliphatic rings. The molecule has 0 heterocycles. The van der Waals surface area contributed by atoms with Crippen LogP contribution in [0.25, 0.3) is 6.08 Å². The lowest BCUT2D eigenvalue weighted by atomic mass is 10.2. The molecule has 0 unspecified atom stereocenters.